The van der Waals surface area contributed by atoms with Crippen molar-refractivity contribution in [2.45, 2.75) is 33.2 Å². The predicted octanol–water partition coefficient (Wildman–Crippen LogP) is 2.00. The van der Waals surface area contributed by atoms with Crippen molar-refractivity contribution in [1.29, 1.82) is 0 Å². The maximum atomic E-state index is 12.9. The molecule has 1 unspecified atom stereocenters. The molecule has 1 aromatic heterocycles. The van der Waals surface area contributed by atoms with Crippen LogP contribution in [-0.4, -0.2) is 29.6 Å². The van der Waals surface area contributed by atoms with Gasteiger partial charge in [-0.25, -0.2) is 0 Å². The van der Waals surface area contributed by atoms with E-state index in [2.05, 4.69) is 10.5 Å². The zero-order valence-corrected chi connectivity index (χ0v) is 13.4. The van der Waals surface area contributed by atoms with Gasteiger partial charge in [0.15, 0.2) is 0 Å². The number of carbonyl (C=O) groups is 2. The normalized spacial score (nSPS) is 17.4. The number of amides is 2. The Morgan fingerprint density at radius 3 is 2.83 bits per heavy atom. The molecule has 3 rings (SSSR count). The molecule has 6 nitrogen and oxygen atoms in total. The van der Waals surface area contributed by atoms with Crippen molar-refractivity contribution in [3.05, 3.63) is 46.8 Å². The van der Waals surface area contributed by atoms with Crippen LogP contribution in [0.5, 0.6) is 0 Å². The van der Waals surface area contributed by atoms with Crippen molar-refractivity contribution in [3.8, 4) is 0 Å². The lowest BCUT2D eigenvalue weighted by Crippen LogP contribution is -2.41. The smallest absolute Gasteiger partial charge is 0.253 e. The Kier molecular flexibility index (Phi) is 3.90. The summed E-state index contributed by atoms with van der Waals surface area (Å²) in [6.45, 7) is 5.95. The highest BCUT2D eigenvalue weighted by atomic mass is 16.5. The van der Waals surface area contributed by atoms with Crippen molar-refractivity contribution >= 4 is 17.5 Å². The average molecular weight is 313 g/mol. The molecule has 0 aliphatic carbocycles. The fourth-order valence-electron chi connectivity index (χ4n) is 2.86. The summed E-state index contributed by atoms with van der Waals surface area (Å²) in [5.41, 5.74) is 2.69. The quantitative estimate of drug-likeness (QED) is 0.920. The van der Waals surface area contributed by atoms with Gasteiger partial charge < -0.3 is 14.7 Å². The number of para-hydroxylation sites is 1. The third-order valence-corrected chi connectivity index (χ3v) is 4.08. The maximum Gasteiger partial charge on any atom is 0.253 e. The van der Waals surface area contributed by atoms with E-state index >= 15 is 0 Å². The van der Waals surface area contributed by atoms with Crippen LogP contribution in [-0.2, 0) is 11.2 Å². The molecule has 1 N–H and O–H groups in total. The zero-order valence-electron chi connectivity index (χ0n) is 13.4. The Hall–Kier alpha value is -2.63. The lowest BCUT2D eigenvalue weighted by atomic mass is 10.1. The van der Waals surface area contributed by atoms with Crippen molar-refractivity contribution in [2.24, 2.45) is 0 Å². The molecule has 2 heterocycles. The van der Waals surface area contributed by atoms with Gasteiger partial charge in [-0.05, 0) is 32.9 Å². The van der Waals surface area contributed by atoms with Gasteiger partial charge in [0.2, 0.25) is 5.91 Å². The third-order valence-electron chi connectivity index (χ3n) is 4.08. The summed E-state index contributed by atoms with van der Waals surface area (Å²) in [5, 5.41) is 6.79. The third kappa shape index (κ3) is 2.84. The maximum absolute atomic E-state index is 12.9. The molecule has 0 radical (unpaired) electrons. The number of nitrogens with zero attached hydrogens (tertiary/aromatic N) is 2. The molecule has 0 spiro atoms. The first-order chi connectivity index (χ1) is 11.0. The van der Waals surface area contributed by atoms with Gasteiger partial charge in [0.25, 0.3) is 5.91 Å². The standard InChI is InChI=1S/C17H19N3O3/c1-10-9-20(15-7-5-4-6-13(15)17(22)18-10)16(21)8-14-11(2)19-23-12(14)3/h4-7,10H,8-9H2,1-3H3,(H,18,22). The summed E-state index contributed by atoms with van der Waals surface area (Å²) < 4.78 is 5.13. The van der Waals surface area contributed by atoms with Crippen molar-refractivity contribution in [2.75, 3.05) is 11.4 Å². The van der Waals surface area contributed by atoms with Crippen LogP contribution in [0.25, 0.3) is 0 Å². The molecule has 2 aromatic rings. The molecule has 0 bridgehead atoms. The number of anilines is 1. The molecule has 120 valence electrons. The highest BCUT2D eigenvalue weighted by Gasteiger charge is 2.28. The predicted molar refractivity (Wildman–Crippen MR) is 85.4 cm³/mol. The number of hydrogen-bond donors (Lipinski definition) is 1. The van der Waals surface area contributed by atoms with Crippen LogP contribution < -0.4 is 10.2 Å². The van der Waals surface area contributed by atoms with Gasteiger partial charge in [0, 0.05) is 18.2 Å². The number of fused-ring (bicyclic) bond motifs is 1. The number of nitrogens with one attached hydrogen (secondary N) is 1. The summed E-state index contributed by atoms with van der Waals surface area (Å²) in [6, 6.07) is 7.05. The van der Waals surface area contributed by atoms with Crippen LogP contribution in [0.2, 0.25) is 0 Å². The monoisotopic (exact) mass is 313 g/mol. The topological polar surface area (TPSA) is 75.4 Å². The molecular formula is C17H19N3O3. The summed E-state index contributed by atoms with van der Waals surface area (Å²) in [6.07, 6.45) is 0.205. The molecule has 2 amide bonds. The van der Waals surface area contributed by atoms with E-state index < -0.39 is 0 Å². The van der Waals surface area contributed by atoms with Gasteiger partial charge >= 0.3 is 0 Å². The fraction of sp³-hybridized carbons (Fsp3) is 0.353. The molecule has 0 saturated heterocycles. The lowest BCUT2D eigenvalue weighted by molar-refractivity contribution is -0.118. The number of rotatable bonds is 2. The molecule has 23 heavy (non-hydrogen) atoms. The molecular weight excluding hydrogens is 294 g/mol. The van der Waals surface area contributed by atoms with E-state index in [-0.39, 0.29) is 24.3 Å². The van der Waals surface area contributed by atoms with E-state index in [1.54, 1.807) is 30.0 Å². The summed E-state index contributed by atoms with van der Waals surface area (Å²) in [7, 11) is 0. The van der Waals surface area contributed by atoms with E-state index in [1.807, 2.05) is 19.9 Å². The second-order valence-corrected chi connectivity index (χ2v) is 5.88. The SMILES string of the molecule is Cc1noc(C)c1CC(=O)N1CC(C)NC(=O)c2ccccc21. The molecule has 0 fully saturated rings. The first-order valence-electron chi connectivity index (χ1n) is 7.59. The van der Waals surface area contributed by atoms with E-state index in [1.165, 1.54) is 0 Å². The van der Waals surface area contributed by atoms with E-state index in [9.17, 15) is 9.59 Å². The van der Waals surface area contributed by atoms with Gasteiger partial charge in [-0.1, -0.05) is 17.3 Å². The molecule has 1 aliphatic heterocycles. The molecule has 0 saturated carbocycles. The van der Waals surface area contributed by atoms with Crippen molar-refractivity contribution in [3.63, 3.8) is 0 Å². The minimum atomic E-state index is -0.152. The number of carbonyl (C=O) groups excluding carboxylic acids is 2. The minimum absolute atomic E-state index is 0.0739. The summed E-state index contributed by atoms with van der Waals surface area (Å²) in [4.78, 5) is 26.8. The number of benzene rings is 1. The Bertz CT molecular complexity index is 747. The van der Waals surface area contributed by atoms with Gasteiger partial charge in [-0.15, -0.1) is 0 Å². The van der Waals surface area contributed by atoms with Crippen LogP contribution in [0.3, 0.4) is 0 Å². The largest absolute Gasteiger partial charge is 0.361 e. The van der Waals surface area contributed by atoms with Crippen LogP contribution in [0, 0.1) is 13.8 Å². The summed E-state index contributed by atoms with van der Waals surface area (Å²) >= 11 is 0. The van der Waals surface area contributed by atoms with Gasteiger partial charge in [0.1, 0.15) is 5.76 Å². The molecule has 1 aromatic carbocycles. The van der Waals surface area contributed by atoms with E-state index in [0.717, 1.165) is 11.3 Å². The van der Waals surface area contributed by atoms with Crippen molar-refractivity contribution in [1.82, 2.24) is 10.5 Å². The number of aryl methyl sites for hydroxylation is 2. The van der Waals surface area contributed by atoms with Crippen LogP contribution in [0.4, 0.5) is 5.69 Å². The van der Waals surface area contributed by atoms with Gasteiger partial charge in [0.05, 0.1) is 23.4 Å². The Morgan fingerprint density at radius 2 is 2.13 bits per heavy atom. The second kappa shape index (κ2) is 5.87. The molecule has 6 heteroatoms. The van der Waals surface area contributed by atoms with Gasteiger partial charge in [-0.3, -0.25) is 9.59 Å². The molecule has 1 aliphatic rings. The first-order valence-corrected chi connectivity index (χ1v) is 7.59. The van der Waals surface area contributed by atoms with Crippen LogP contribution in [0.1, 0.15) is 34.3 Å². The Balaban J connectivity index is 1.95. The Labute approximate surface area is 134 Å². The van der Waals surface area contributed by atoms with E-state index in [0.29, 0.717) is 23.6 Å². The van der Waals surface area contributed by atoms with Crippen LogP contribution >= 0.6 is 0 Å². The molecule has 1 atom stereocenters. The lowest BCUT2D eigenvalue weighted by Gasteiger charge is -2.24. The highest BCUT2D eigenvalue weighted by Crippen LogP contribution is 2.25. The Morgan fingerprint density at radius 1 is 1.39 bits per heavy atom. The van der Waals surface area contributed by atoms with Gasteiger partial charge in [-0.2, -0.15) is 0 Å². The zero-order chi connectivity index (χ0) is 16.6. The number of aromatic nitrogens is 1. The number of hydrogen-bond acceptors (Lipinski definition) is 4. The fourth-order valence-corrected chi connectivity index (χ4v) is 2.86. The first kappa shape index (κ1) is 15.3. The average Bonchev–Trinajstić information content (AvgIpc) is 2.77. The second-order valence-electron chi connectivity index (χ2n) is 5.88. The van der Waals surface area contributed by atoms with E-state index in [4.69, 9.17) is 4.52 Å². The summed E-state index contributed by atoms with van der Waals surface area (Å²) in [5.74, 6) is 0.428. The van der Waals surface area contributed by atoms with Crippen molar-refractivity contribution < 1.29 is 14.1 Å². The minimum Gasteiger partial charge on any atom is -0.361 e. The highest BCUT2D eigenvalue weighted by molar-refractivity contribution is 6.06. The van der Waals surface area contributed by atoms with Crippen LogP contribution in [0.15, 0.2) is 28.8 Å².